The molecule has 2 heterocycles. The Morgan fingerprint density at radius 3 is 3.20 bits per heavy atom. The van der Waals surface area contributed by atoms with E-state index in [-0.39, 0.29) is 0 Å². The van der Waals surface area contributed by atoms with Gasteiger partial charge >= 0.3 is 0 Å². The van der Waals surface area contributed by atoms with E-state index in [1.54, 1.807) is 11.3 Å². The number of nitrogens with zero attached hydrogens (tertiary/aromatic N) is 2. The SMILES string of the molecule is CN1CCCCC1CNc1nc(Cl)cs1. The van der Waals surface area contributed by atoms with E-state index in [0.29, 0.717) is 11.2 Å². The smallest absolute Gasteiger partial charge is 0.184 e. The van der Waals surface area contributed by atoms with Crippen LogP contribution in [0.2, 0.25) is 5.15 Å². The summed E-state index contributed by atoms with van der Waals surface area (Å²) in [4.78, 5) is 6.60. The highest BCUT2D eigenvalue weighted by molar-refractivity contribution is 7.14. The van der Waals surface area contributed by atoms with Gasteiger partial charge in [0, 0.05) is 18.0 Å². The minimum Gasteiger partial charge on any atom is -0.360 e. The van der Waals surface area contributed by atoms with Crippen LogP contribution in [0.5, 0.6) is 0 Å². The molecule has 0 aromatic carbocycles. The Kier molecular flexibility index (Phi) is 3.83. The van der Waals surface area contributed by atoms with Crippen LogP contribution in [0.4, 0.5) is 5.13 Å². The maximum absolute atomic E-state index is 5.76. The summed E-state index contributed by atoms with van der Waals surface area (Å²) >= 11 is 7.33. The monoisotopic (exact) mass is 245 g/mol. The Morgan fingerprint density at radius 1 is 1.67 bits per heavy atom. The molecule has 15 heavy (non-hydrogen) atoms. The van der Waals surface area contributed by atoms with Crippen LogP contribution in [-0.2, 0) is 0 Å². The lowest BCUT2D eigenvalue weighted by molar-refractivity contribution is 0.194. The van der Waals surface area contributed by atoms with Crippen molar-refractivity contribution in [1.82, 2.24) is 9.88 Å². The highest BCUT2D eigenvalue weighted by atomic mass is 35.5. The lowest BCUT2D eigenvalue weighted by atomic mass is 10.0. The zero-order valence-corrected chi connectivity index (χ0v) is 10.4. The van der Waals surface area contributed by atoms with E-state index in [1.807, 2.05) is 5.38 Å². The van der Waals surface area contributed by atoms with Gasteiger partial charge < -0.3 is 10.2 Å². The third kappa shape index (κ3) is 3.06. The first-order valence-corrected chi connectivity index (χ1v) is 6.56. The maximum Gasteiger partial charge on any atom is 0.184 e. The summed E-state index contributed by atoms with van der Waals surface area (Å²) in [5.74, 6) is 0. The molecule has 1 fully saturated rings. The number of anilines is 1. The fraction of sp³-hybridized carbons (Fsp3) is 0.700. The first-order chi connectivity index (χ1) is 7.25. The average molecular weight is 246 g/mol. The Morgan fingerprint density at radius 2 is 2.53 bits per heavy atom. The number of nitrogens with one attached hydrogen (secondary N) is 1. The van der Waals surface area contributed by atoms with Gasteiger partial charge in [0.25, 0.3) is 0 Å². The summed E-state index contributed by atoms with van der Waals surface area (Å²) in [5.41, 5.74) is 0. The van der Waals surface area contributed by atoms with E-state index in [9.17, 15) is 0 Å². The molecule has 1 atom stereocenters. The van der Waals surface area contributed by atoms with Crippen molar-refractivity contribution in [2.45, 2.75) is 25.3 Å². The van der Waals surface area contributed by atoms with Crippen molar-refractivity contribution in [2.24, 2.45) is 0 Å². The third-order valence-corrected chi connectivity index (χ3v) is 4.01. The highest BCUT2D eigenvalue weighted by Crippen LogP contribution is 2.20. The van der Waals surface area contributed by atoms with Gasteiger partial charge in [-0.15, -0.1) is 11.3 Å². The molecule has 1 saturated heterocycles. The number of halogens is 1. The van der Waals surface area contributed by atoms with E-state index >= 15 is 0 Å². The average Bonchev–Trinajstić information content (AvgIpc) is 2.63. The second kappa shape index (κ2) is 5.14. The zero-order valence-electron chi connectivity index (χ0n) is 8.87. The van der Waals surface area contributed by atoms with Crippen LogP contribution in [0.25, 0.3) is 0 Å². The first kappa shape index (κ1) is 11.2. The van der Waals surface area contributed by atoms with Gasteiger partial charge in [-0.2, -0.15) is 0 Å². The van der Waals surface area contributed by atoms with Gasteiger partial charge in [-0.1, -0.05) is 18.0 Å². The summed E-state index contributed by atoms with van der Waals surface area (Å²) in [6, 6.07) is 0.640. The lowest BCUT2D eigenvalue weighted by Gasteiger charge is -2.32. The Bertz CT molecular complexity index is 315. The van der Waals surface area contributed by atoms with E-state index in [2.05, 4.69) is 22.2 Å². The molecule has 1 N–H and O–H groups in total. The van der Waals surface area contributed by atoms with Crippen molar-refractivity contribution >= 4 is 28.1 Å². The zero-order chi connectivity index (χ0) is 10.7. The van der Waals surface area contributed by atoms with Gasteiger partial charge in [-0.05, 0) is 26.4 Å². The molecule has 5 heteroatoms. The number of likely N-dealkylation sites (tertiary alicyclic amines) is 1. The minimum atomic E-state index is 0.583. The molecule has 1 unspecified atom stereocenters. The number of rotatable bonds is 3. The van der Waals surface area contributed by atoms with Gasteiger partial charge in [-0.3, -0.25) is 0 Å². The standard InChI is InChI=1S/C10H16ClN3S/c1-14-5-3-2-4-8(14)6-12-10-13-9(11)7-15-10/h7-8H,2-6H2,1H3,(H,12,13). The molecule has 84 valence electrons. The predicted molar refractivity (Wildman–Crippen MR) is 65.9 cm³/mol. The van der Waals surface area contributed by atoms with Crippen molar-refractivity contribution in [3.8, 4) is 0 Å². The number of piperidine rings is 1. The molecule has 1 aromatic heterocycles. The van der Waals surface area contributed by atoms with Gasteiger partial charge in [0.1, 0.15) is 5.15 Å². The predicted octanol–water partition coefficient (Wildman–Crippen LogP) is 2.69. The van der Waals surface area contributed by atoms with Crippen LogP contribution >= 0.6 is 22.9 Å². The quantitative estimate of drug-likeness (QED) is 0.888. The topological polar surface area (TPSA) is 28.2 Å². The minimum absolute atomic E-state index is 0.583. The van der Waals surface area contributed by atoms with Crippen molar-refractivity contribution in [3.63, 3.8) is 0 Å². The molecule has 0 radical (unpaired) electrons. The van der Waals surface area contributed by atoms with Crippen LogP contribution in [0.3, 0.4) is 0 Å². The number of likely N-dealkylation sites (N-methyl/N-ethyl adjacent to an activating group) is 1. The fourth-order valence-corrected chi connectivity index (χ4v) is 2.79. The van der Waals surface area contributed by atoms with Crippen LogP contribution in [-0.4, -0.2) is 36.1 Å². The van der Waals surface area contributed by atoms with Gasteiger partial charge in [0.15, 0.2) is 5.13 Å². The van der Waals surface area contributed by atoms with Crippen molar-refractivity contribution < 1.29 is 0 Å². The number of aromatic nitrogens is 1. The summed E-state index contributed by atoms with van der Waals surface area (Å²) in [6.07, 6.45) is 3.95. The highest BCUT2D eigenvalue weighted by Gasteiger charge is 2.18. The molecular weight excluding hydrogens is 230 g/mol. The second-order valence-electron chi connectivity index (χ2n) is 3.99. The largest absolute Gasteiger partial charge is 0.360 e. The normalized spacial score (nSPS) is 22.9. The fourth-order valence-electron chi connectivity index (χ4n) is 1.94. The van der Waals surface area contributed by atoms with Crippen LogP contribution in [0.1, 0.15) is 19.3 Å². The van der Waals surface area contributed by atoms with Crippen molar-refractivity contribution in [3.05, 3.63) is 10.5 Å². The van der Waals surface area contributed by atoms with Crippen LogP contribution in [0, 0.1) is 0 Å². The van der Waals surface area contributed by atoms with Crippen LogP contribution < -0.4 is 5.32 Å². The number of thiazole rings is 1. The Labute approximate surface area is 99.5 Å². The van der Waals surface area contributed by atoms with Crippen molar-refractivity contribution in [1.29, 1.82) is 0 Å². The van der Waals surface area contributed by atoms with Gasteiger partial charge in [0.2, 0.25) is 0 Å². The molecule has 1 aromatic rings. The van der Waals surface area contributed by atoms with Gasteiger partial charge in [-0.25, -0.2) is 4.98 Å². The summed E-state index contributed by atoms with van der Waals surface area (Å²) in [6.45, 7) is 2.19. The summed E-state index contributed by atoms with van der Waals surface area (Å²) < 4.78 is 0. The van der Waals surface area contributed by atoms with Gasteiger partial charge in [0.05, 0.1) is 0 Å². The molecule has 2 rings (SSSR count). The second-order valence-corrected chi connectivity index (χ2v) is 5.23. The molecule has 3 nitrogen and oxygen atoms in total. The van der Waals surface area contributed by atoms with E-state index in [0.717, 1.165) is 11.7 Å². The van der Waals surface area contributed by atoms with E-state index in [1.165, 1.54) is 25.8 Å². The molecule has 0 amide bonds. The maximum atomic E-state index is 5.76. The molecule has 0 spiro atoms. The molecule has 0 bridgehead atoms. The molecule has 0 aliphatic carbocycles. The Balaban J connectivity index is 1.81. The summed E-state index contributed by atoms with van der Waals surface area (Å²) in [7, 11) is 2.19. The molecule has 1 aliphatic heterocycles. The first-order valence-electron chi connectivity index (χ1n) is 5.31. The number of hydrogen-bond acceptors (Lipinski definition) is 4. The third-order valence-electron chi connectivity index (χ3n) is 2.89. The van der Waals surface area contributed by atoms with Crippen LogP contribution in [0.15, 0.2) is 5.38 Å². The van der Waals surface area contributed by atoms with Crippen molar-refractivity contribution in [2.75, 3.05) is 25.5 Å². The summed E-state index contributed by atoms with van der Waals surface area (Å²) in [5, 5.41) is 6.72. The van der Waals surface area contributed by atoms with E-state index < -0.39 is 0 Å². The molecule has 0 saturated carbocycles. The lowest BCUT2D eigenvalue weighted by Crippen LogP contribution is -2.40. The number of hydrogen-bond donors (Lipinski definition) is 1. The van der Waals surface area contributed by atoms with E-state index in [4.69, 9.17) is 11.6 Å². The molecular formula is C10H16ClN3S. The molecule has 1 aliphatic rings. The Hall–Kier alpha value is -0.320.